The first-order valence-electron chi connectivity index (χ1n) is 9.91. The second-order valence-corrected chi connectivity index (χ2v) is 6.94. The largest absolute Gasteiger partial charge is 0.393 e. The second kappa shape index (κ2) is 9.57. The van der Waals surface area contributed by atoms with Crippen LogP contribution in [-0.4, -0.2) is 15.9 Å². The topological polar surface area (TPSA) is 105 Å². The Morgan fingerprint density at radius 1 is 0.812 bits per heavy atom. The summed E-state index contributed by atoms with van der Waals surface area (Å²) in [5.41, 5.74) is 13.5. The number of anilines is 3. The second-order valence-electron chi connectivity index (χ2n) is 6.94. The highest BCUT2D eigenvalue weighted by Crippen LogP contribution is 2.30. The van der Waals surface area contributed by atoms with Crippen molar-refractivity contribution in [2.45, 2.75) is 6.04 Å². The van der Waals surface area contributed by atoms with Crippen LogP contribution in [0.2, 0.25) is 0 Å². The molecule has 0 saturated carbocycles. The molecular weight excluding hydrogens is 407 g/mol. The fourth-order valence-electron chi connectivity index (χ4n) is 3.23. The van der Waals surface area contributed by atoms with E-state index in [4.69, 9.17) is 5.73 Å². The monoisotopic (exact) mass is 428 g/mol. The lowest BCUT2D eigenvalue weighted by Gasteiger charge is -2.22. The summed E-state index contributed by atoms with van der Waals surface area (Å²) in [6.07, 6.45) is 1.32. The van der Waals surface area contributed by atoms with Crippen molar-refractivity contribution in [3.8, 4) is 0 Å². The van der Waals surface area contributed by atoms with Gasteiger partial charge in [-0.05, 0) is 23.3 Å². The molecule has 8 heteroatoms. The minimum Gasteiger partial charge on any atom is -0.393 e. The number of hydrogen-bond donors (Lipinski definition) is 4. The van der Waals surface area contributed by atoms with E-state index in [1.54, 1.807) is 6.07 Å². The number of rotatable bonds is 7. The van der Waals surface area contributed by atoms with Gasteiger partial charge < -0.3 is 11.1 Å². The molecule has 0 bridgehead atoms. The molecule has 32 heavy (non-hydrogen) atoms. The molecule has 0 aliphatic heterocycles. The van der Waals surface area contributed by atoms with E-state index < -0.39 is 11.7 Å². The summed E-state index contributed by atoms with van der Waals surface area (Å²) in [5.74, 6) is -0.701. The molecular formula is C24H21FN6O. The maximum atomic E-state index is 13.8. The Hall–Kier alpha value is -4.46. The summed E-state index contributed by atoms with van der Waals surface area (Å²) >= 11 is 0. The van der Waals surface area contributed by atoms with Crippen LogP contribution in [0.25, 0.3) is 0 Å². The first kappa shape index (κ1) is 20.8. The van der Waals surface area contributed by atoms with Crippen molar-refractivity contribution in [2.24, 2.45) is 0 Å². The maximum absolute atomic E-state index is 13.8. The number of nitrogen functional groups attached to an aromatic ring is 1. The third kappa shape index (κ3) is 4.65. The number of carbonyl (C=O) groups excluding carboxylic acids is 1. The summed E-state index contributed by atoms with van der Waals surface area (Å²) in [7, 11) is 0. The number of nitrogens with one attached hydrogen (secondary N) is 3. The van der Waals surface area contributed by atoms with E-state index in [0.717, 1.165) is 11.1 Å². The van der Waals surface area contributed by atoms with Gasteiger partial charge >= 0.3 is 0 Å². The van der Waals surface area contributed by atoms with Crippen LogP contribution < -0.4 is 21.9 Å². The first-order chi connectivity index (χ1) is 15.6. The quantitative estimate of drug-likeness (QED) is 0.330. The van der Waals surface area contributed by atoms with Crippen LogP contribution in [0.3, 0.4) is 0 Å². The Bertz CT molecular complexity index is 1160. The van der Waals surface area contributed by atoms with Gasteiger partial charge in [0.15, 0.2) is 11.6 Å². The molecule has 0 unspecified atom stereocenters. The Kier molecular flexibility index (Phi) is 6.22. The number of aromatic nitrogens is 2. The van der Waals surface area contributed by atoms with Gasteiger partial charge in [0.05, 0.1) is 11.6 Å². The van der Waals surface area contributed by atoms with E-state index in [0.29, 0.717) is 5.82 Å². The average molecular weight is 428 g/mol. The number of hydrazine groups is 1. The lowest BCUT2D eigenvalue weighted by Crippen LogP contribution is -2.31. The zero-order valence-electron chi connectivity index (χ0n) is 17.0. The Morgan fingerprint density at radius 2 is 1.38 bits per heavy atom. The molecule has 1 aromatic heterocycles. The normalized spacial score (nSPS) is 10.6. The standard InChI is InChI=1S/C24H21FN6O/c25-19-14-8-7-13-18(19)24(32)31-30-23-20(26)22(27-15-28-23)29-21(16-9-3-1-4-10-16)17-11-5-2-6-12-17/h1-15,21H,26H2,(H,31,32)(H2,27,28,29,30). The molecule has 160 valence electrons. The summed E-state index contributed by atoms with van der Waals surface area (Å²) in [6, 6.07) is 25.2. The summed E-state index contributed by atoms with van der Waals surface area (Å²) < 4.78 is 13.8. The molecule has 4 aromatic rings. The van der Waals surface area contributed by atoms with Gasteiger partial charge in [0.25, 0.3) is 5.91 Å². The van der Waals surface area contributed by atoms with Crippen molar-refractivity contribution in [2.75, 3.05) is 16.5 Å². The van der Waals surface area contributed by atoms with E-state index in [9.17, 15) is 9.18 Å². The zero-order valence-corrected chi connectivity index (χ0v) is 17.0. The van der Waals surface area contributed by atoms with Crippen molar-refractivity contribution in [1.29, 1.82) is 0 Å². The van der Waals surface area contributed by atoms with Crippen LogP contribution in [0.1, 0.15) is 27.5 Å². The predicted molar refractivity (Wildman–Crippen MR) is 122 cm³/mol. The van der Waals surface area contributed by atoms with Gasteiger partial charge in [-0.3, -0.25) is 15.6 Å². The number of benzene rings is 3. The van der Waals surface area contributed by atoms with E-state index in [2.05, 4.69) is 26.1 Å². The van der Waals surface area contributed by atoms with Crippen LogP contribution in [0.4, 0.5) is 21.7 Å². The molecule has 7 nitrogen and oxygen atoms in total. The molecule has 0 radical (unpaired) electrons. The minimum atomic E-state index is -0.651. The lowest BCUT2D eigenvalue weighted by atomic mass is 9.99. The number of nitrogens with two attached hydrogens (primary N) is 1. The third-order valence-electron chi connectivity index (χ3n) is 4.84. The number of hydrogen-bond acceptors (Lipinski definition) is 6. The Labute approximate surface area is 184 Å². The van der Waals surface area contributed by atoms with Crippen LogP contribution >= 0.6 is 0 Å². The third-order valence-corrected chi connectivity index (χ3v) is 4.84. The summed E-state index contributed by atoms with van der Waals surface area (Å²) in [4.78, 5) is 20.6. The highest BCUT2D eigenvalue weighted by Gasteiger charge is 2.18. The minimum absolute atomic E-state index is 0.0980. The number of amides is 1. The Morgan fingerprint density at radius 3 is 2.00 bits per heavy atom. The lowest BCUT2D eigenvalue weighted by molar-refractivity contribution is 0.0958. The van der Waals surface area contributed by atoms with Crippen LogP contribution in [0, 0.1) is 5.82 Å². The van der Waals surface area contributed by atoms with Crippen molar-refractivity contribution in [3.05, 3.63) is 114 Å². The number of carbonyl (C=O) groups is 1. The molecule has 0 fully saturated rings. The highest BCUT2D eigenvalue weighted by atomic mass is 19.1. The number of halogens is 1. The smallest absolute Gasteiger partial charge is 0.272 e. The molecule has 5 N–H and O–H groups in total. The Balaban J connectivity index is 1.56. The maximum Gasteiger partial charge on any atom is 0.272 e. The number of nitrogens with zero attached hydrogens (tertiary/aromatic N) is 2. The SMILES string of the molecule is Nc1c(NNC(=O)c2ccccc2F)ncnc1NC(c1ccccc1)c1ccccc1. The van der Waals surface area contributed by atoms with Crippen molar-refractivity contribution in [3.63, 3.8) is 0 Å². The molecule has 1 heterocycles. The molecule has 0 spiro atoms. The van der Waals surface area contributed by atoms with E-state index >= 15 is 0 Å². The summed E-state index contributed by atoms with van der Waals surface area (Å²) in [6.45, 7) is 0. The van der Waals surface area contributed by atoms with E-state index in [-0.39, 0.29) is 23.1 Å². The van der Waals surface area contributed by atoms with Gasteiger partial charge in [-0.25, -0.2) is 14.4 Å². The van der Waals surface area contributed by atoms with Crippen LogP contribution in [0.5, 0.6) is 0 Å². The van der Waals surface area contributed by atoms with Crippen LogP contribution in [0.15, 0.2) is 91.3 Å². The van der Waals surface area contributed by atoms with Gasteiger partial charge in [-0.15, -0.1) is 0 Å². The van der Waals surface area contributed by atoms with Gasteiger partial charge in [0, 0.05) is 0 Å². The van der Waals surface area contributed by atoms with Crippen LogP contribution in [-0.2, 0) is 0 Å². The van der Waals surface area contributed by atoms with Crippen molar-refractivity contribution < 1.29 is 9.18 Å². The molecule has 0 aliphatic carbocycles. The predicted octanol–water partition coefficient (Wildman–Crippen LogP) is 4.16. The molecule has 3 aromatic carbocycles. The molecule has 0 atom stereocenters. The molecule has 0 aliphatic rings. The first-order valence-corrected chi connectivity index (χ1v) is 9.91. The average Bonchev–Trinajstić information content (AvgIpc) is 2.84. The van der Waals surface area contributed by atoms with Gasteiger partial charge in [0.1, 0.15) is 17.8 Å². The van der Waals surface area contributed by atoms with Gasteiger partial charge in [0.2, 0.25) is 0 Å². The van der Waals surface area contributed by atoms with Crippen molar-refractivity contribution >= 4 is 23.2 Å². The van der Waals surface area contributed by atoms with E-state index in [1.807, 2.05) is 60.7 Å². The fraction of sp³-hybridized carbons (Fsp3) is 0.0417. The molecule has 0 saturated heterocycles. The molecule has 1 amide bonds. The fourth-order valence-corrected chi connectivity index (χ4v) is 3.23. The van der Waals surface area contributed by atoms with Gasteiger partial charge in [-0.1, -0.05) is 72.8 Å². The van der Waals surface area contributed by atoms with Gasteiger partial charge in [-0.2, -0.15) is 0 Å². The summed E-state index contributed by atoms with van der Waals surface area (Å²) in [5, 5.41) is 3.36. The highest BCUT2D eigenvalue weighted by molar-refractivity contribution is 5.95. The van der Waals surface area contributed by atoms with E-state index in [1.165, 1.54) is 24.5 Å². The van der Waals surface area contributed by atoms with Crippen molar-refractivity contribution in [1.82, 2.24) is 15.4 Å². The zero-order chi connectivity index (χ0) is 22.3. The molecule has 4 rings (SSSR count).